The van der Waals surface area contributed by atoms with E-state index in [0.29, 0.717) is 5.82 Å². The summed E-state index contributed by atoms with van der Waals surface area (Å²) >= 11 is 0. The molecule has 5 nitrogen and oxygen atoms in total. The lowest BCUT2D eigenvalue weighted by Gasteiger charge is -2.29. The van der Waals surface area contributed by atoms with Crippen LogP contribution in [0.3, 0.4) is 0 Å². The summed E-state index contributed by atoms with van der Waals surface area (Å²) in [4.78, 5) is 18.0. The highest BCUT2D eigenvalue weighted by Crippen LogP contribution is 2.41. The van der Waals surface area contributed by atoms with Crippen LogP contribution in [-0.4, -0.2) is 43.0 Å². The molecule has 1 amide bonds. The molecule has 2 aliphatic heterocycles. The summed E-state index contributed by atoms with van der Waals surface area (Å²) in [6, 6.07) is 8.55. The van der Waals surface area contributed by atoms with Gasteiger partial charge in [0.1, 0.15) is 0 Å². The minimum Gasteiger partial charge on any atom is -0.386 e. The number of carbonyl (C=O) groups is 1. The lowest BCUT2D eigenvalue weighted by molar-refractivity contribution is -0.120. The van der Waals surface area contributed by atoms with Gasteiger partial charge in [-0.25, -0.2) is 0 Å². The smallest absolute Gasteiger partial charge is 0.234 e. The van der Waals surface area contributed by atoms with E-state index < -0.39 is 0 Å². The van der Waals surface area contributed by atoms with Gasteiger partial charge in [-0.3, -0.25) is 4.79 Å². The van der Waals surface area contributed by atoms with E-state index in [4.69, 9.17) is 5.73 Å². The van der Waals surface area contributed by atoms with E-state index in [1.54, 1.807) is 0 Å². The summed E-state index contributed by atoms with van der Waals surface area (Å²) < 4.78 is 0. The molecule has 2 atom stereocenters. The molecule has 1 aromatic rings. The highest BCUT2D eigenvalue weighted by Gasteiger charge is 2.39. The second-order valence-corrected chi connectivity index (χ2v) is 8.17. The minimum absolute atomic E-state index is 0.00692. The maximum absolute atomic E-state index is 13.4. The van der Waals surface area contributed by atoms with E-state index in [1.807, 2.05) is 6.07 Å². The van der Waals surface area contributed by atoms with Crippen LogP contribution in [0.25, 0.3) is 0 Å². The zero-order valence-electron chi connectivity index (χ0n) is 17.3. The van der Waals surface area contributed by atoms with Crippen LogP contribution in [0.5, 0.6) is 0 Å². The van der Waals surface area contributed by atoms with Gasteiger partial charge in [-0.15, -0.1) is 0 Å². The first kappa shape index (κ1) is 20.7. The second-order valence-electron chi connectivity index (χ2n) is 8.17. The second kappa shape index (κ2) is 9.97. The number of para-hydroxylation sites is 1. The maximum Gasteiger partial charge on any atom is 0.234 e. The largest absolute Gasteiger partial charge is 0.386 e. The molecule has 0 spiro atoms. The number of nitrogens with two attached hydrogens (primary N) is 1. The van der Waals surface area contributed by atoms with Crippen LogP contribution < -0.4 is 16.0 Å². The van der Waals surface area contributed by atoms with Crippen LogP contribution in [0.1, 0.15) is 63.4 Å². The number of rotatable bonds is 10. The van der Waals surface area contributed by atoms with Crippen LogP contribution in [-0.2, 0) is 4.79 Å². The van der Waals surface area contributed by atoms with E-state index in [2.05, 4.69) is 46.8 Å². The van der Waals surface area contributed by atoms with Gasteiger partial charge < -0.3 is 20.9 Å². The van der Waals surface area contributed by atoms with Gasteiger partial charge in [0.25, 0.3) is 0 Å². The summed E-state index contributed by atoms with van der Waals surface area (Å²) in [5, 5.41) is 3.09. The van der Waals surface area contributed by atoms with Crippen molar-refractivity contribution >= 4 is 11.6 Å². The van der Waals surface area contributed by atoms with Crippen molar-refractivity contribution in [2.24, 2.45) is 5.73 Å². The standard InChI is InChI=1S/C23H36N4O/c1-3-19(13-14-25-18(2)24)27-22-12-6-5-10-20(22)21(23(27)28)11-9-17-26-15-7-4-8-16-26/h5-6,10,12,19,21,25H,2-4,7-9,11,13-17,24H2,1H3. The normalized spacial score (nSPS) is 20.8. The molecular weight excluding hydrogens is 348 g/mol. The SMILES string of the molecule is C=C(N)NCCC(CC)N1C(=O)C(CCCN2CCCCC2)c2ccccc21. The summed E-state index contributed by atoms with van der Waals surface area (Å²) in [5.74, 6) is 0.768. The third-order valence-corrected chi connectivity index (χ3v) is 6.19. The first-order valence-corrected chi connectivity index (χ1v) is 10.9. The zero-order valence-corrected chi connectivity index (χ0v) is 17.3. The van der Waals surface area contributed by atoms with Crippen LogP contribution in [0.4, 0.5) is 5.69 Å². The summed E-state index contributed by atoms with van der Waals surface area (Å²) in [6.07, 6.45) is 7.83. The lowest BCUT2D eigenvalue weighted by Crippen LogP contribution is -2.40. The number of piperidine rings is 1. The summed E-state index contributed by atoms with van der Waals surface area (Å²) in [7, 11) is 0. The molecule has 0 aromatic heterocycles. The molecule has 3 rings (SSSR count). The molecule has 1 fully saturated rings. The third-order valence-electron chi connectivity index (χ3n) is 6.19. The topological polar surface area (TPSA) is 61.6 Å². The molecular formula is C23H36N4O. The molecule has 1 saturated heterocycles. The van der Waals surface area contributed by atoms with Gasteiger partial charge in [-0.1, -0.05) is 38.1 Å². The first-order chi connectivity index (χ1) is 13.6. The van der Waals surface area contributed by atoms with Gasteiger partial charge in [0.15, 0.2) is 0 Å². The monoisotopic (exact) mass is 384 g/mol. The fourth-order valence-electron chi connectivity index (χ4n) is 4.69. The quantitative estimate of drug-likeness (QED) is 0.647. The van der Waals surface area contributed by atoms with Crippen LogP contribution >= 0.6 is 0 Å². The maximum atomic E-state index is 13.4. The van der Waals surface area contributed by atoms with Crippen LogP contribution in [0, 0.1) is 0 Å². The van der Waals surface area contributed by atoms with Crippen molar-refractivity contribution in [3.8, 4) is 0 Å². The molecule has 1 aromatic carbocycles. The Kier molecular flexibility index (Phi) is 7.37. The fraction of sp³-hybridized carbons (Fsp3) is 0.609. The summed E-state index contributed by atoms with van der Waals surface area (Å²) in [5.41, 5.74) is 7.94. The molecule has 154 valence electrons. The number of carbonyl (C=O) groups excluding carboxylic acids is 1. The Balaban J connectivity index is 1.65. The molecule has 0 aliphatic carbocycles. The minimum atomic E-state index is 0.00692. The molecule has 28 heavy (non-hydrogen) atoms. The first-order valence-electron chi connectivity index (χ1n) is 10.9. The lowest BCUT2D eigenvalue weighted by atomic mass is 9.95. The zero-order chi connectivity index (χ0) is 19.9. The van der Waals surface area contributed by atoms with E-state index in [-0.39, 0.29) is 17.9 Å². The molecule has 2 heterocycles. The molecule has 0 saturated carbocycles. The fourth-order valence-corrected chi connectivity index (χ4v) is 4.69. The average Bonchev–Trinajstić information content (AvgIpc) is 2.98. The van der Waals surface area contributed by atoms with Gasteiger partial charge in [-0.05, 0) is 69.8 Å². The van der Waals surface area contributed by atoms with Crippen LogP contribution in [0.15, 0.2) is 36.7 Å². The number of benzene rings is 1. The molecule has 5 heteroatoms. The Labute approximate surface area is 170 Å². The van der Waals surface area contributed by atoms with Gasteiger partial charge >= 0.3 is 0 Å². The Morgan fingerprint density at radius 3 is 2.75 bits per heavy atom. The highest BCUT2D eigenvalue weighted by atomic mass is 16.2. The average molecular weight is 385 g/mol. The number of anilines is 1. The van der Waals surface area contributed by atoms with Crippen molar-refractivity contribution in [3.05, 3.63) is 42.2 Å². The Hall–Kier alpha value is -2.01. The highest BCUT2D eigenvalue weighted by molar-refractivity contribution is 6.05. The molecule has 2 aliphatic rings. The Bertz CT molecular complexity index is 668. The number of fused-ring (bicyclic) bond motifs is 1. The van der Waals surface area contributed by atoms with Crippen molar-refractivity contribution in [2.75, 3.05) is 31.1 Å². The number of amides is 1. The molecule has 3 N–H and O–H groups in total. The van der Waals surface area contributed by atoms with Gasteiger partial charge in [0.2, 0.25) is 5.91 Å². The summed E-state index contributed by atoms with van der Waals surface area (Å²) in [6.45, 7) is 10.1. The van der Waals surface area contributed by atoms with E-state index in [0.717, 1.165) is 44.5 Å². The predicted molar refractivity (Wildman–Crippen MR) is 116 cm³/mol. The van der Waals surface area contributed by atoms with E-state index in [9.17, 15) is 4.79 Å². The van der Waals surface area contributed by atoms with Gasteiger partial charge in [-0.2, -0.15) is 0 Å². The molecule has 0 bridgehead atoms. The number of nitrogens with one attached hydrogen (secondary N) is 1. The predicted octanol–water partition coefficient (Wildman–Crippen LogP) is 3.57. The number of nitrogens with zero attached hydrogens (tertiary/aromatic N) is 2. The van der Waals surface area contributed by atoms with Crippen molar-refractivity contribution < 1.29 is 4.79 Å². The van der Waals surface area contributed by atoms with Crippen molar-refractivity contribution in [2.45, 2.75) is 63.8 Å². The Morgan fingerprint density at radius 1 is 1.29 bits per heavy atom. The van der Waals surface area contributed by atoms with Gasteiger partial charge in [0.05, 0.1) is 11.7 Å². The van der Waals surface area contributed by atoms with E-state index >= 15 is 0 Å². The van der Waals surface area contributed by atoms with Crippen molar-refractivity contribution in [1.82, 2.24) is 10.2 Å². The number of hydrogen-bond donors (Lipinski definition) is 2. The van der Waals surface area contributed by atoms with Gasteiger partial charge in [0, 0.05) is 18.3 Å². The van der Waals surface area contributed by atoms with Crippen LogP contribution in [0.2, 0.25) is 0 Å². The third kappa shape index (κ3) is 4.88. The number of hydrogen-bond acceptors (Lipinski definition) is 4. The number of likely N-dealkylation sites (tertiary alicyclic amines) is 1. The van der Waals surface area contributed by atoms with Crippen molar-refractivity contribution in [1.29, 1.82) is 0 Å². The van der Waals surface area contributed by atoms with Crippen molar-refractivity contribution in [3.63, 3.8) is 0 Å². The Morgan fingerprint density at radius 2 is 2.04 bits per heavy atom. The van der Waals surface area contributed by atoms with E-state index in [1.165, 1.54) is 37.9 Å². The molecule has 0 radical (unpaired) electrons. The molecule has 2 unspecified atom stereocenters.